The van der Waals surface area contributed by atoms with Gasteiger partial charge in [0.15, 0.2) is 17.4 Å². The van der Waals surface area contributed by atoms with Gasteiger partial charge in [-0.15, -0.1) is 0 Å². The van der Waals surface area contributed by atoms with E-state index >= 15 is 0 Å². The normalized spacial score (nSPS) is 14.4. The van der Waals surface area contributed by atoms with Crippen LogP contribution >= 0.6 is 0 Å². The molecule has 2 aromatic rings. The van der Waals surface area contributed by atoms with Crippen molar-refractivity contribution < 1.29 is 13.6 Å². The third kappa shape index (κ3) is 2.13. The maximum atomic E-state index is 13.2. The van der Waals surface area contributed by atoms with E-state index in [0.29, 0.717) is 29.8 Å². The summed E-state index contributed by atoms with van der Waals surface area (Å²) in [5.74, 6) is -1.60. The van der Waals surface area contributed by atoms with Crippen molar-refractivity contribution >= 4 is 5.78 Å². The van der Waals surface area contributed by atoms with Gasteiger partial charge in [0.2, 0.25) is 0 Å². The molecule has 0 bridgehead atoms. The summed E-state index contributed by atoms with van der Waals surface area (Å²) < 4.78 is 27.9. The van der Waals surface area contributed by atoms with Crippen molar-refractivity contribution in [1.29, 1.82) is 0 Å². The van der Waals surface area contributed by atoms with E-state index < -0.39 is 11.6 Å². The van der Waals surface area contributed by atoms with E-state index in [1.165, 1.54) is 12.1 Å². The number of hydrogen-bond donors (Lipinski definition) is 0. The summed E-state index contributed by atoms with van der Waals surface area (Å²) in [6, 6.07) is 3.81. The van der Waals surface area contributed by atoms with Gasteiger partial charge >= 0.3 is 0 Å². The summed E-state index contributed by atoms with van der Waals surface area (Å²) in [5, 5.41) is 4.37. The molecular formula is C15H14F2N2O. The van der Waals surface area contributed by atoms with Gasteiger partial charge in [0.1, 0.15) is 0 Å². The summed E-state index contributed by atoms with van der Waals surface area (Å²) in [4.78, 5) is 11.9. The Morgan fingerprint density at radius 1 is 1.25 bits per heavy atom. The first-order chi connectivity index (χ1) is 9.56. The van der Waals surface area contributed by atoms with Crippen molar-refractivity contribution in [2.45, 2.75) is 32.7 Å². The number of fused-ring (bicyclic) bond motifs is 1. The number of nitrogens with zero attached hydrogens (tertiary/aromatic N) is 2. The van der Waals surface area contributed by atoms with Gasteiger partial charge in [0.05, 0.1) is 17.8 Å². The number of aromatic nitrogens is 2. The van der Waals surface area contributed by atoms with Crippen LogP contribution in [0.3, 0.4) is 0 Å². The van der Waals surface area contributed by atoms with E-state index in [2.05, 4.69) is 5.10 Å². The predicted octanol–water partition coefficient (Wildman–Crippen LogP) is 3.04. The van der Waals surface area contributed by atoms with Crippen molar-refractivity contribution in [3.05, 3.63) is 52.3 Å². The lowest BCUT2D eigenvalue weighted by molar-refractivity contribution is 0.0971. The molecule has 0 aliphatic heterocycles. The Bertz CT molecular complexity index is 691. The number of carbonyl (C=O) groups is 1. The van der Waals surface area contributed by atoms with Gasteiger partial charge in [-0.05, 0) is 37.5 Å². The summed E-state index contributed by atoms with van der Waals surface area (Å²) in [6.45, 7) is 2.16. The molecule has 104 valence electrons. The molecule has 1 aromatic heterocycles. The number of rotatable bonds is 2. The Hall–Kier alpha value is -2.04. The van der Waals surface area contributed by atoms with Crippen LogP contribution in [-0.2, 0) is 13.0 Å². The highest BCUT2D eigenvalue weighted by molar-refractivity contribution is 5.99. The molecule has 1 heterocycles. The molecule has 1 aromatic carbocycles. The molecule has 1 aliphatic rings. The molecule has 0 amide bonds. The maximum absolute atomic E-state index is 13.2. The lowest BCUT2D eigenvalue weighted by atomic mass is 9.95. The molecule has 0 saturated heterocycles. The predicted molar refractivity (Wildman–Crippen MR) is 69.7 cm³/mol. The van der Waals surface area contributed by atoms with Crippen molar-refractivity contribution in [2.24, 2.45) is 0 Å². The Balaban J connectivity index is 1.97. The van der Waals surface area contributed by atoms with Crippen LogP contribution in [0.15, 0.2) is 18.2 Å². The fourth-order valence-corrected chi connectivity index (χ4v) is 2.73. The molecule has 0 N–H and O–H groups in total. The molecule has 0 fully saturated rings. The molecule has 1 aliphatic carbocycles. The van der Waals surface area contributed by atoms with E-state index in [1.54, 1.807) is 4.68 Å². The lowest BCUT2D eigenvalue weighted by Crippen LogP contribution is -2.14. The monoisotopic (exact) mass is 276 g/mol. The van der Waals surface area contributed by atoms with E-state index in [9.17, 15) is 13.6 Å². The van der Waals surface area contributed by atoms with E-state index in [1.807, 2.05) is 6.92 Å². The van der Waals surface area contributed by atoms with Crippen LogP contribution in [0.2, 0.25) is 0 Å². The first-order valence-corrected chi connectivity index (χ1v) is 6.59. The van der Waals surface area contributed by atoms with Crippen molar-refractivity contribution in [3.63, 3.8) is 0 Å². The fraction of sp³-hybridized carbons (Fsp3) is 0.333. The van der Waals surface area contributed by atoms with Crippen LogP contribution in [0, 0.1) is 18.6 Å². The van der Waals surface area contributed by atoms with E-state index in [4.69, 9.17) is 0 Å². The summed E-state index contributed by atoms with van der Waals surface area (Å²) in [7, 11) is 0. The number of aryl methyl sites for hydroxylation is 1. The van der Waals surface area contributed by atoms with Crippen LogP contribution in [0.25, 0.3) is 0 Å². The van der Waals surface area contributed by atoms with Gasteiger partial charge in [0, 0.05) is 12.1 Å². The van der Waals surface area contributed by atoms with Gasteiger partial charge < -0.3 is 0 Å². The number of halogens is 2. The van der Waals surface area contributed by atoms with E-state index in [0.717, 1.165) is 24.6 Å². The average Bonchev–Trinajstić information content (AvgIpc) is 2.72. The van der Waals surface area contributed by atoms with Gasteiger partial charge in [0.25, 0.3) is 0 Å². The highest BCUT2D eigenvalue weighted by Gasteiger charge is 2.24. The number of hydrogen-bond acceptors (Lipinski definition) is 2. The minimum absolute atomic E-state index is 0.125. The zero-order valence-electron chi connectivity index (χ0n) is 11.1. The van der Waals surface area contributed by atoms with Gasteiger partial charge in [-0.3, -0.25) is 9.48 Å². The molecule has 0 unspecified atom stereocenters. The highest BCUT2D eigenvalue weighted by Crippen LogP contribution is 2.25. The second-order valence-electron chi connectivity index (χ2n) is 5.09. The summed E-state index contributed by atoms with van der Waals surface area (Å²) in [5.41, 5.74) is 2.96. The number of Topliss-reactive ketones (excluding diaryl/α,β-unsaturated/α-hetero) is 1. The SMILES string of the molecule is Cc1nn(Cc2ccc(F)c(F)c2)c2c1C(=O)CCC2. The quantitative estimate of drug-likeness (QED) is 0.845. The van der Waals surface area contributed by atoms with Gasteiger partial charge in [-0.1, -0.05) is 6.07 Å². The van der Waals surface area contributed by atoms with Crippen LogP contribution in [0.4, 0.5) is 8.78 Å². The molecule has 0 spiro atoms. The molecule has 0 saturated carbocycles. The standard InChI is InChI=1S/C15H14F2N2O/c1-9-15-13(3-2-4-14(15)20)19(18-9)8-10-5-6-11(16)12(17)7-10/h5-7H,2-4,8H2,1H3. The highest BCUT2D eigenvalue weighted by atomic mass is 19.2. The minimum Gasteiger partial charge on any atom is -0.294 e. The molecule has 3 nitrogen and oxygen atoms in total. The lowest BCUT2D eigenvalue weighted by Gasteiger charge is -2.13. The van der Waals surface area contributed by atoms with Gasteiger partial charge in [-0.2, -0.15) is 5.10 Å². The second-order valence-corrected chi connectivity index (χ2v) is 5.09. The maximum Gasteiger partial charge on any atom is 0.166 e. The molecule has 5 heteroatoms. The smallest absolute Gasteiger partial charge is 0.166 e. The zero-order chi connectivity index (χ0) is 14.3. The van der Waals surface area contributed by atoms with Crippen molar-refractivity contribution in [1.82, 2.24) is 9.78 Å². The van der Waals surface area contributed by atoms with Crippen LogP contribution in [-0.4, -0.2) is 15.6 Å². The zero-order valence-corrected chi connectivity index (χ0v) is 11.1. The second kappa shape index (κ2) is 4.81. The third-order valence-electron chi connectivity index (χ3n) is 3.65. The van der Waals surface area contributed by atoms with Gasteiger partial charge in [-0.25, -0.2) is 8.78 Å². The van der Waals surface area contributed by atoms with Crippen LogP contribution < -0.4 is 0 Å². The third-order valence-corrected chi connectivity index (χ3v) is 3.65. The molecule has 20 heavy (non-hydrogen) atoms. The first kappa shape index (κ1) is 13.0. The molecule has 0 radical (unpaired) electrons. The fourth-order valence-electron chi connectivity index (χ4n) is 2.73. The Kier molecular flexibility index (Phi) is 3.12. The first-order valence-electron chi connectivity index (χ1n) is 6.59. The van der Waals surface area contributed by atoms with Crippen LogP contribution in [0.1, 0.15) is 40.2 Å². The molecule has 3 rings (SSSR count). The number of ketones is 1. The number of carbonyl (C=O) groups excluding carboxylic acids is 1. The summed E-state index contributed by atoms with van der Waals surface area (Å²) >= 11 is 0. The molecule has 0 atom stereocenters. The Morgan fingerprint density at radius 2 is 2.05 bits per heavy atom. The minimum atomic E-state index is -0.865. The van der Waals surface area contributed by atoms with Crippen molar-refractivity contribution in [3.8, 4) is 0 Å². The Morgan fingerprint density at radius 3 is 2.80 bits per heavy atom. The van der Waals surface area contributed by atoms with Crippen molar-refractivity contribution in [2.75, 3.05) is 0 Å². The van der Waals surface area contributed by atoms with E-state index in [-0.39, 0.29) is 5.78 Å². The largest absolute Gasteiger partial charge is 0.294 e. The average molecular weight is 276 g/mol. The Labute approximate surface area is 115 Å². The summed E-state index contributed by atoms with van der Waals surface area (Å²) in [6.07, 6.45) is 2.17. The topological polar surface area (TPSA) is 34.9 Å². The molecular weight excluding hydrogens is 262 g/mol. The van der Waals surface area contributed by atoms with Crippen LogP contribution in [0.5, 0.6) is 0 Å². The number of benzene rings is 1.